The Kier molecular flexibility index (Phi) is 6.03. The number of hydrogen-bond donors (Lipinski definition) is 0. The first kappa shape index (κ1) is 22.7. The molecule has 35 heavy (non-hydrogen) atoms. The van der Waals surface area contributed by atoms with Crippen LogP contribution in [0.15, 0.2) is 56.3 Å². The number of aryl methyl sites for hydroxylation is 2. The van der Waals surface area contributed by atoms with Crippen LogP contribution in [0.5, 0.6) is 5.75 Å². The van der Waals surface area contributed by atoms with Gasteiger partial charge in [0.2, 0.25) is 5.78 Å². The number of ether oxygens (including phenoxy) is 2. The van der Waals surface area contributed by atoms with Crippen LogP contribution in [-0.2, 0) is 28.9 Å². The van der Waals surface area contributed by atoms with Crippen LogP contribution in [0.25, 0.3) is 11.0 Å². The van der Waals surface area contributed by atoms with Gasteiger partial charge < -0.3 is 22.9 Å². The molecule has 0 N–H and O–H groups in total. The number of fused-ring (bicyclic) bond motifs is 3. The number of rotatable bonds is 8. The molecular weight excluding hydrogens is 450 g/mol. The van der Waals surface area contributed by atoms with Crippen LogP contribution >= 0.6 is 0 Å². The highest BCUT2D eigenvalue weighted by atomic mass is 16.6. The monoisotopic (exact) mass is 475 g/mol. The number of esters is 1. The second-order valence-electron chi connectivity index (χ2n) is 8.68. The number of nitrogens with zero attached hydrogens (tertiary/aromatic N) is 1. The largest absolute Gasteiger partial charge is 0.482 e. The van der Waals surface area contributed by atoms with Crippen molar-refractivity contribution >= 4 is 22.7 Å². The third kappa shape index (κ3) is 4.51. The minimum atomic E-state index is -0.668. The highest BCUT2D eigenvalue weighted by Gasteiger charge is 2.20. The van der Waals surface area contributed by atoms with E-state index >= 15 is 0 Å². The fourth-order valence-corrected chi connectivity index (χ4v) is 4.65. The molecule has 0 amide bonds. The maximum Gasteiger partial charge on any atom is 0.344 e. The van der Waals surface area contributed by atoms with Crippen molar-refractivity contribution in [1.82, 2.24) is 4.57 Å². The minimum absolute atomic E-state index is 0.293. The Labute approximate surface area is 201 Å². The molecule has 5 rings (SSSR count). The first-order chi connectivity index (χ1) is 16.9. The van der Waals surface area contributed by atoms with Crippen molar-refractivity contribution in [3.63, 3.8) is 0 Å². The third-order valence-corrected chi connectivity index (χ3v) is 6.43. The molecule has 0 fully saturated rings. The van der Waals surface area contributed by atoms with Crippen LogP contribution in [0.2, 0.25) is 0 Å². The number of benzene rings is 1. The van der Waals surface area contributed by atoms with Crippen molar-refractivity contribution in [3.8, 4) is 5.75 Å². The van der Waals surface area contributed by atoms with Gasteiger partial charge in [-0.15, -0.1) is 0 Å². The summed E-state index contributed by atoms with van der Waals surface area (Å²) in [4.78, 5) is 37.1. The third-order valence-electron chi connectivity index (χ3n) is 6.43. The molecule has 0 atom stereocenters. The summed E-state index contributed by atoms with van der Waals surface area (Å²) in [6.45, 7) is 3.52. The zero-order valence-corrected chi connectivity index (χ0v) is 19.6. The van der Waals surface area contributed by atoms with Gasteiger partial charge in [0.25, 0.3) is 0 Å². The smallest absolute Gasteiger partial charge is 0.344 e. The molecule has 0 saturated heterocycles. The molecule has 8 heteroatoms. The standard InChI is InChI=1S/C27H25NO7/c1-16-11-23(17(2)28(16)13-19-5-4-10-32-19)24(29)14-34-26(30)15-33-18-8-9-21-20-6-3-7-22(20)27(31)35-25(21)12-18/h4-5,8-12H,3,6-7,13-15H2,1-2H3. The zero-order valence-electron chi connectivity index (χ0n) is 19.6. The van der Waals surface area contributed by atoms with Gasteiger partial charge >= 0.3 is 11.6 Å². The van der Waals surface area contributed by atoms with E-state index < -0.39 is 5.97 Å². The van der Waals surface area contributed by atoms with E-state index in [1.165, 1.54) is 0 Å². The van der Waals surface area contributed by atoms with Crippen molar-refractivity contribution in [2.75, 3.05) is 13.2 Å². The van der Waals surface area contributed by atoms with Crippen LogP contribution in [0.4, 0.5) is 0 Å². The maximum absolute atomic E-state index is 12.7. The summed E-state index contributed by atoms with van der Waals surface area (Å²) in [5.74, 6) is 0.201. The van der Waals surface area contributed by atoms with Gasteiger partial charge in [0.1, 0.15) is 17.1 Å². The van der Waals surface area contributed by atoms with E-state index in [0.717, 1.165) is 52.9 Å². The second-order valence-corrected chi connectivity index (χ2v) is 8.68. The predicted molar refractivity (Wildman–Crippen MR) is 127 cm³/mol. The Hall–Kier alpha value is -4.07. The predicted octanol–water partition coefficient (Wildman–Crippen LogP) is 4.15. The highest BCUT2D eigenvalue weighted by Crippen LogP contribution is 2.29. The Balaban J connectivity index is 1.18. The summed E-state index contributed by atoms with van der Waals surface area (Å²) in [5, 5.41) is 0.891. The van der Waals surface area contributed by atoms with Crippen molar-refractivity contribution in [3.05, 3.63) is 86.9 Å². The van der Waals surface area contributed by atoms with E-state index in [-0.39, 0.29) is 24.6 Å². The van der Waals surface area contributed by atoms with Gasteiger partial charge in [0.05, 0.1) is 12.8 Å². The van der Waals surface area contributed by atoms with Crippen LogP contribution in [0.1, 0.15) is 45.1 Å². The summed E-state index contributed by atoms with van der Waals surface area (Å²) in [6.07, 6.45) is 4.14. The summed E-state index contributed by atoms with van der Waals surface area (Å²) >= 11 is 0. The molecule has 1 aliphatic rings. The number of carbonyl (C=O) groups excluding carboxylic acids is 2. The normalized spacial score (nSPS) is 12.6. The first-order valence-corrected chi connectivity index (χ1v) is 11.5. The quantitative estimate of drug-likeness (QED) is 0.214. The van der Waals surface area contributed by atoms with E-state index in [4.69, 9.17) is 18.3 Å². The van der Waals surface area contributed by atoms with Crippen molar-refractivity contribution in [1.29, 1.82) is 0 Å². The molecule has 4 aromatic rings. The molecule has 0 radical (unpaired) electrons. The first-order valence-electron chi connectivity index (χ1n) is 11.5. The van der Waals surface area contributed by atoms with Crippen molar-refractivity contribution in [2.24, 2.45) is 0 Å². The van der Waals surface area contributed by atoms with E-state index in [1.807, 2.05) is 36.6 Å². The molecule has 0 saturated carbocycles. The summed E-state index contributed by atoms with van der Waals surface area (Å²) in [6, 6.07) is 10.6. The number of furan rings is 1. The molecule has 180 valence electrons. The Bertz CT molecular complexity index is 1470. The van der Waals surface area contributed by atoms with Crippen LogP contribution in [0, 0.1) is 13.8 Å². The SMILES string of the molecule is Cc1cc(C(=O)COC(=O)COc2ccc3c4c(c(=O)oc3c2)CCC4)c(C)n1Cc1ccco1. The minimum Gasteiger partial charge on any atom is -0.482 e. The number of hydrogen-bond acceptors (Lipinski definition) is 7. The molecule has 3 aromatic heterocycles. The van der Waals surface area contributed by atoms with Gasteiger partial charge in [-0.2, -0.15) is 0 Å². The molecule has 8 nitrogen and oxygen atoms in total. The van der Waals surface area contributed by atoms with E-state index in [2.05, 4.69) is 0 Å². The Morgan fingerprint density at radius 3 is 2.69 bits per heavy atom. The lowest BCUT2D eigenvalue weighted by Gasteiger charge is -2.09. The van der Waals surface area contributed by atoms with Crippen LogP contribution in [-0.4, -0.2) is 29.5 Å². The number of carbonyl (C=O) groups is 2. The van der Waals surface area contributed by atoms with Gasteiger partial charge in [-0.3, -0.25) is 4.79 Å². The molecule has 0 spiro atoms. The van der Waals surface area contributed by atoms with Gasteiger partial charge in [0, 0.05) is 34.0 Å². The Morgan fingerprint density at radius 1 is 1.06 bits per heavy atom. The lowest BCUT2D eigenvalue weighted by atomic mass is 10.1. The zero-order chi connectivity index (χ0) is 24.5. The Morgan fingerprint density at radius 2 is 1.89 bits per heavy atom. The fraction of sp³-hybridized carbons (Fsp3) is 0.296. The lowest BCUT2D eigenvalue weighted by Crippen LogP contribution is -2.20. The number of ketones is 1. The second kappa shape index (κ2) is 9.29. The number of aromatic nitrogens is 1. The summed E-state index contributed by atoms with van der Waals surface area (Å²) < 4.78 is 23.5. The molecule has 0 unspecified atom stereocenters. The van der Waals surface area contributed by atoms with Gasteiger partial charge in [-0.25, -0.2) is 9.59 Å². The van der Waals surface area contributed by atoms with Gasteiger partial charge in [-0.05, 0) is 69.0 Å². The maximum atomic E-state index is 12.7. The van der Waals surface area contributed by atoms with Crippen molar-refractivity contribution in [2.45, 2.75) is 39.7 Å². The highest BCUT2D eigenvalue weighted by molar-refractivity contribution is 5.99. The summed E-state index contributed by atoms with van der Waals surface area (Å²) in [7, 11) is 0. The van der Waals surface area contributed by atoms with Crippen molar-refractivity contribution < 1.29 is 27.9 Å². The molecule has 3 heterocycles. The topological polar surface area (TPSA) is 101 Å². The van der Waals surface area contributed by atoms with E-state index in [0.29, 0.717) is 23.4 Å². The molecular formula is C27H25NO7. The lowest BCUT2D eigenvalue weighted by molar-refractivity contribution is -0.144. The number of Topliss-reactive ketones (excluding diaryl/α,β-unsaturated/α-hetero) is 1. The van der Waals surface area contributed by atoms with Crippen LogP contribution < -0.4 is 10.4 Å². The summed E-state index contributed by atoms with van der Waals surface area (Å²) in [5.41, 5.74) is 4.08. The van der Waals surface area contributed by atoms with Gasteiger partial charge in [-0.1, -0.05) is 0 Å². The van der Waals surface area contributed by atoms with E-state index in [9.17, 15) is 14.4 Å². The molecule has 1 aromatic carbocycles. The molecule has 1 aliphatic carbocycles. The fourth-order valence-electron chi connectivity index (χ4n) is 4.65. The molecule has 0 bridgehead atoms. The van der Waals surface area contributed by atoms with Gasteiger partial charge in [0.15, 0.2) is 13.2 Å². The van der Waals surface area contributed by atoms with E-state index in [1.54, 1.807) is 24.5 Å². The van der Waals surface area contributed by atoms with Crippen LogP contribution in [0.3, 0.4) is 0 Å². The molecule has 0 aliphatic heterocycles. The average Bonchev–Trinajstić information content (AvgIpc) is 3.59. The average molecular weight is 475 g/mol.